The van der Waals surface area contributed by atoms with Crippen molar-refractivity contribution < 1.29 is 9.90 Å². The maximum Gasteiger partial charge on any atom is 0.307 e. The molecule has 0 amide bonds. The molecular formula is C16H22O2. The van der Waals surface area contributed by atoms with E-state index in [1.807, 2.05) is 0 Å². The third-order valence-electron chi connectivity index (χ3n) is 4.01. The van der Waals surface area contributed by atoms with Crippen LogP contribution in [0.2, 0.25) is 0 Å². The molecular weight excluding hydrogens is 224 g/mol. The number of carboxylic acid groups (broad SMARTS) is 1. The van der Waals surface area contributed by atoms with Crippen LogP contribution in [-0.4, -0.2) is 11.1 Å². The minimum Gasteiger partial charge on any atom is -0.481 e. The Bertz CT molecular complexity index is 468. The van der Waals surface area contributed by atoms with Gasteiger partial charge in [0.1, 0.15) is 0 Å². The fraction of sp³-hybridized carbons (Fsp3) is 0.562. The Kier molecular flexibility index (Phi) is 3.22. The molecule has 1 aromatic rings. The molecule has 1 N–H and O–H groups in total. The average molecular weight is 246 g/mol. The first kappa shape index (κ1) is 13.1. The summed E-state index contributed by atoms with van der Waals surface area (Å²) in [4.78, 5) is 11.5. The average Bonchev–Trinajstić information content (AvgIpc) is 2.25. The first-order valence-electron chi connectivity index (χ1n) is 6.63. The van der Waals surface area contributed by atoms with Crippen LogP contribution in [0.15, 0.2) is 18.2 Å². The number of carboxylic acids is 1. The van der Waals surface area contributed by atoms with Crippen LogP contribution in [0.25, 0.3) is 0 Å². The second-order valence-electron chi connectivity index (χ2n) is 6.53. The Morgan fingerprint density at radius 1 is 1.33 bits per heavy atom. The molecule has 0 bridgehead atoms. The van der Waals surface area contributed by atoms with Crippen molar-refractivity contribution in [1.82, 2.24) is 0 Å². The topological polar surface area (TPSA) is 37.3 Å². The summed E-state index contributed by atoms with van der Waals surface area (Å²) in [6.45, 7) is 8.51. The molecule has 1 aliphatic carbocycles. The Labute approximate surface area is 109 Å². The summed E-state index contributed by atoms with van der Waals surface area (Å²) < 4.78 is 0. The van der Waals surface area contributed by atoms with Crippen molar-refractivity contribution in [3.05, 3.63) is 34.9 Å². The first-order chi connectivity index (χ1) is 8.30. The number of hydrogen-bond acceptors (Lipinski definition) is 1. The molecule has 0 radical (unpaired) electrons. The zero-order valence-electron chi connectivity index (χ0n) is 11.7. The standard InChI is InChI=1S/C16H22O2/c1-10-5-6-11-7-8-12(15(17)18)14(13(11)9-10)16(2,3)4/h5-6,9,12,14H,7-8H2,1-4H3,(H,17,18). The normalized spacial score (nSPS) is 23.6. The van der Waals surface area contributed by atoms with Gasteiger partial charge in [-0.25, -0.2) is 0 Å². The van der Waals surface area contributed by atoms with Gasteiger partial charge in [-0.05, 0) is 36.3 Å². The van der Waals surface area contributed by atoms with Gasteiger partial charge in [-0.1, -0.05) is 44.5 Å². The molecule has 2 rings (SSSR count). The van der Waals surface area contributed by atoms with Crippen molar-refractivity contribution in [2.24, 2.45) is 11.3 Å². The predicted octanol–water partition coefficient (Wildman–Crippen LogP) is 3.77. The molecule has 2 heteroatoms. The Balaban J connectivity index is 2.55. The number of aryl methyl sites for hydroxylation is 2. The Morgan fingerprint density at radius 2 is 2.00 bits per heavy atom. The fourth-order valence-corrected chi connectivity index (χ4v) is 3.26. The van der Waals surface area contributed by atoms with Crippen molar-refractivity contribution in [2.75, 3.05) is 0 Å². The molecule has 1 aromatic carbocycles. The van der Waals surface area contributed by atoms with Crippen LogP contribution in [0.1, 0.15) is 49.8 Å². The van der Waals surface area contributed by atoms with Crippen LogP contribution in [0.5, 0.6) is 0 Å². The lowest BCUT2D eigenvalue weighted by atomic mass is 9.64. The highest BCUT2D eigenvalue weighted by molar-refractivity contribution is 5.72. The summed E-state index contributed by atoms with van der Waals surface area (Å²) in [5.41, 5.74) is 3.78. The largest absolute Gasteiger partial charge is 0.481 e. The summed E-state index contributed by atoms with van der Waals surface area (Å²) in [6, 6.07) is 6.47. The number of hydrogen-bond donors (Lipinski definition) is 1. The molecule has 2 atom stereocenters. The van der Waals surface area contributed by atoms with E-state index in [1.54, 1.807) is 0 Å². The first-order valence-corrected chi connectivity index (χ1v) is 6.63. The van der Waals surface area contributed by atoms with E-state index >= 15 is 0 Å². The maximum atomic E-state index is 11.5. The van der Waals surface area contributed by atoms with Crippen LogP contribution in [0.4, 0.5) is 0 Å². The summed E-state index contributed by atoms with van der Waals surface area (Å²) in [5, 5.41) is 9.47. The minimum absolute atomic E-state index is 0.0218. The van der Waals surface area contributed by atoms with Crippen molar-refractivity contribution in [3.8, 4) is 0 Å². The van der Waals surface area contributed by atoms with Gasteiger partial charge in [0, 0.05) is 5.92 Å². The van der Waals surface area contributed by atoms with Crippen LogP contribution in [0.3, 0.4) is 0 Å². The molecule has 0 heterocycles. The summed E-state index contributed by atoms with van der Waals surface area (Å²) >= 11 is 0. The second kappa shape index (κ2) is 4.42. The number of benzene rings is 1. The monoisotopic (exact) mass is 246 g/mol. The van der Waals surface area contributed by atoms with Gasteiger partial charge in [0.15, 0.2) is 0 Å². The third-order valence-corrected chi connectivity index (χ3v) is 4.01. The van der Waals surface area contributed by atoms with Crippen LogP contribution >= 0.6 is 0 Å². The molecule has 0 saturated heterocycles. The van der Waals surface area contributed by atoms with Crippen LogP contribution < -0.4 is 0 Å². The van der Waals surface area contributed by atoms with E-state index in [9.17, 15) is 9.90 Å². The number of fused-ring (bicyclic) bond motifs is 1. The van der Waals surface area contributed by atoms with Gasteiger partial charge >= 0.3 is 5.97 Å². The van der Waals surface area contributed by atoms with E-state index in [2.05, 4.69) is 45.9 Å². The van der Waals surface area contributed by atoms with E-state index in [4.69, 9.17) is 0 Å². The quantitative estimate of drug-likeness (QED) is 0.819. The molecule has 1 aliphatic rings. The van der Waals surface area contributed by atoms with E-state index < -0.39 is 5.97 Å². The molecule has 0 saturated carbocycles. The van der Waals surface area contributed by atoms with Gasteiger partial charge in [-0.15, -0.1) is 0 Å². The van der Waals surface area contributed by atoms with Crippen molar-refractivity contribution in [2.45, 2.75) is 46.5 Å². The van der Waals surface area contributed by atoms with E-state index in [0.717, 1.165) is 12.8 Å². The lowest BCUT2D eigenvalue weighted by Crippen LogP contribution is -2.35. The number of rotatable bonds is 1. The minimum atomic E-state index is -0.651. The molecule has 0 fully saturated rings. The number of aliphatic carboxylic acids is 1. The van der Waals surface area contributed by atoms with Gasteiger partial charge in [0.25, 0.3) is 0 Å². The smallest absolute Gasteiger partial charge is 0.307 e. The summed E-state index contributed by atoms with van der Waals surface area (Å²) in [6.07, 6.45) is 1.65. The highest BCUT2D eigenvalue weighted by atomic mass is 16.4. The predicted molar refractivity (Wildman–Crippen MR) is 72.8 cm³/mol. The second-order valence-corrected chi connectivity index (χ2v) is 6.53. The molecule has 98 valence electrons. The van der Waals surface area contributed by atoms with Crippen molar-refractivity contribution in [3.63, 3.8) is 0 Å². The van der Waals surface area contributed by atoms with Crippen molar-refractivity contribution in [1.29, 1.82) is 0 Å². The van der Waals surface area contributed by atoms with Crippen LogP contribution in [-0.2, 0) is 11.2 Å². The molecule has 0 aliphatic heterocycles. The van der Waals surface area contributed by atoms with Gasteiger partial charge in [-0.3, -0.25) is 4.79 Å². The van der Waals surface area contributed by atoms with Crippen LogP contribution in [0, 0.1) is 18.3 Å². The van der Waals surface area contributed by atoms with E-state index in [-0.39, 0.29) is 17.3 Å². The Morgan fingerprint density at radius 3 is 2.56 bits per heavy atom. The molecule has 0 spiro atoms. The lowest BCUT2D eigenvalue weighted by molar-refractivity contribution is -0.144. The summed E-state index contributed by atoms with van der Waals surface area (Å²) in [5.74, 6) is -0.792. The molecule has 0 aromatic heterocycles. The molecule has 2 unspecified atom stereocenters. The van der Waals surface area contributed by atoms with Gasteiger partial charge < -0.3 is 5.11 Å². The van der Waals surface area contributed by atoms with E-state index in [0.29, 0.717) is 0 Å². The lowest BCUT2D eigenvalue weighted by Gasteiger charge is -2.40. The highest BCUT2D eigenvalue weighted by Crippen LogP contribution is 2.47. The van der Waals surface area contributed by atoms with Gasteiger partial charge in [-0.2, -0.15) is 0 Å². The highest BCUT2D eigenvalue weighted by Gasteiger charge is 2.41. The fourth-order valence-electron chi connectivity index (χ4n) is 3.26. The maximum absolute atomic E-state index is 11.5. The Hall–Kier alpha value is -1.31. The van der Waals surface area contributed by atoms with Crippen molar-refractivity contribution >= 4 is 5.97 Å². The SMILES string of the molecule is Cc1ccc2c(c1)C(C(C)(C)C)C(C(=O)O)CC2. The van der Waals surface area contributed by atoms with E-state index in [1.165, 1.54) is 16.7 Å². The zero-order valence-corrected chi connectivity index (χ0v) is 11.7. The summed E-state index contributed by atoms with van der Waals surface area (Å²) in [7, 11) is 0. The number of carbonyl (C=O) groups is 1. The third kappa shape index (κ3) is 2.29. The molecule has 18 heavy (non-hydrogen) atoms. The van der Waals surface area contributed by atoms with Gasteiger partial charge in [0.2, 0.25) is 0 Å². The zero-order chi connectivity index (χ0) is 13.5. The molecule has 2 nitrogen and oxygen atoms in total. The van der Waals surface area contributed by atoms with Gasteiger partial charge in [0.05, 0.1) is 5.92 Å².